The number of hydrogen-bond donors (Lipinski definition) is 0. The number of hydrogen-bond acceptors (Lipinski definition) is 8. The van der Waals surface area contributed by atoms with Crippen LogP contribution in [0.3, 0.4) is 0 Å². The largest absolute Gasteiger partial charge is 0.204 e. The SMILES string of the molecule is N#CCCCn1nnc(-c2cccc(-c3nnn(CCCC#N)n3)c2)n1. The van der Waals surface area contributed by atoms with Crippen LogP contribution < -0.4 is 0 Å². The van der Waals surface area contributed by atoms with Gasteiger partial charge in [0.1, 0.15) is 0 Å². The first kappa shape index (κ1) is 17.2. The van der Waals surface area contributed by atoms with Crippen molar-refractivity contribution in [2.45, 2.75) is 38.8 Å². The van der Waals surface area contributed by atoms with Crippen molar-refractivity contribution in [3.8, 4) is 34.9 Å². The molecule has 10 heteroatoms. The number of rotatable bonds is 8. The van der Waals surface area contributed by atoms with Crippen LogP contribution in [0.4, 0.5) is 0 Å². The molecule has 26 heavy (non-hydrogen) atoms. The maximum Gasteiger partial charge on any atom is 0.204 e. The van der Waals surface area contributed by atoms with Gasteiger partial charge in [0.05, 0.1) is 25.2 Å². The van der Waals surface area contributed by atoms with Crippen molar-refractivity contribution in [2.24, 2.45) is 0 Å². The molecule has 10 nitrogen and oxygen atoms in total. The van der Waals surface area contributed by atoms with Crippen molar-refractivity contribution in [3.05, 3.63) is 24.3 Å². The van der Waals surface area contributed by atoms with Gasteiger partial charge in [0.2, 0.25) is 11.6 Å². The van der Waals surface area contributed by atoms with Crippen LogP contribution in [0.5, 0.6) is 0 Å². The Morgan fingerprint density at radius 1 is 0.808 bits per heavy atom. The van der Waals surface area contributed by atoms with Crippen LogP contribution in [0, 0.1) is 22.7 Å². The van der Waals surface area contributed by atoms with E-state index in [2.05, 4.69) is 43.0 Å². The third-order valence-electron chi connectivity index (χ3n) is 3.58. The lowest BCUT2D eigenvalue weighted by molar-refractivity contribution is 0.504. The van der Waals surface area contributed by atoms with Crippen LogP contribution in [-0.4, -0.2) is 40.4 Å². The molecule has 3 aromatic rings. The number of tetrazole rings is 2. The summed E-state index contributed by atoms with van der Waals surface area (Å²) in [7, 11) is 0. The fraction of sp³-hybridized carbons (Fsp3) is 0.375. The van der Waals surface area contributed by atoms with Gasteiger partial charge in [-0.2, -0.15) is 20.1 Å². The van der Waals surface area contributed by atoms with E-state index in [1.165, 1.54) is 9.59 Å². The molecule has 0 saturated heterocycles. The Kier molecular flexibility index (Phi) is 5.58. The van der Waals surface area contributed by atoms with E-state index in [0.29, 0.717) is 50.4 Å². The maximum absolute atomic E-state index is 8.58. The highest BCUT2D eigenvalue weighted by atomic mass is 15.6. The van der Waals surface area contributed by atoms with Gasteiger partial charge < -0.3 is 0 Å². The van der Waals surface area contributed by atoms with Crippen molar-refractivity contribution >= 4 is 0 Å². The molecule has 3 rings (SSSR count). The lowest BCUT2D eigenvalue weighted by Gasteiger charge is -1.98. The molecule has 0 N–H and O–H groups in total. The number of aromatic nitrogens is 8. The Balaban J connectivity index is 1.72. The Morgan fingerprint density at radius 3 is 1.77 bits per heavy atom. The minimum absolute atomic E-state index is 0.460. The summed E-state index contributed by atoms with van der Waals surface area (Å²) < 4.78 is 0. The average molecular weight is 348 g/mol. The van der Waals surface area contributed by atoms with Crippen LogP contribution >= 0.6 is 0 Å². The van der Waals surface area contributed by atoms with Gasteiger partial charge >= 0.3 is 0 Å². The topological polar surface area (TPSA) is 135 Å². The van der Waals surface area contributed by atoms with Crippen LogP contribution in [0.25, 0.3) is 22.8 Å². The summed E-state index contributed by atoms with van der Waals surface area (Å²) in [6, 6.07) is 11.7. The van der Waals surface area contributed by atoms with Crippen LogP contribution in [0.2, 0.25) is 0 Å². The Morgan fingerprint density at radius 2 is 1.31 bits per heavy atom. The molecule has 0 fully saturated rings. The van der Waals surface area contributed by atoms with Gasteiger partial charge in [-0.05, 0) is 29.3 Å². The molecular formula is C16H16N10. The van der Waals surface area contributed by atoms with E-state index in [-0.39, 0.29) is 0 Å². The number of benzene rings is 1. The van der Waals surface area contributed by atoms with Gasteiger partial charge in [0, 0.05) is 24.0 Å². The first-order chi connectivity index (χ1) is 12.8. The fourth-order valence-corrected chi connectivity index (χ4v) is 2.30. The second-order valence-corrected chi connectivity index (χ2v) is 5.52. The Labute approximate surface area is 149 Å². The molecule has 130 valence electrons. The minimum atomic E-state index is 0.460. The molecular weight excluding hydrogens is 332 g/mol. The van der Waals surface area contributed by atoms with Crippen molar-refractivity contribution < 1.29 is 0 Å². The molecule has 2 heterocycles. The summed E-state index contributed by atoms with van der Waals surface area (Å²) in [5.74, 6) is 1.01. The van der Waals surface area contributed by atoms with Crippen molar-refractivity contribution in [2.75, 3.05) is 0 Å². The molecule has 0 atom stereocenters. The zero-order valence-corrected chi connectivity index (χ0v) is 14.0. The van der Waals surface area contributed by atoms with Gasteiger partial charge in [-0.15, -0.1) is 20.4 Å². The van der Waals surface area contributed by atoms with E-state index in [1.54, 1.807) is 0 Å². The quantitative estimate of drug-likeness (QED) is 0.560. The van der Waals surface area contributed by atoms with E-state index in [9.17, 15) is 0 Å². The summed E-state index contributed by atoms with van der Waals surface area (Å²) in [6.45, 7) is 1.11. The summed E-state index contributed by atoms with van der Waals surface area (Å²) in [4.78, 5) is 2.98. The lowest BCUT2D eigenvalue weighted by Crippen LogP contribution is -2.02. The summed E-state index contributed by atoms with van der Waals surface area (Å²) in [5.41, 5.74) is 1.60. The predicted molar refractivity (Wildman–Crippen MR) is 89.8 cm³/mol. The summed E-state index contributed by atoms with van der Waals surface area (Å²) in [5, 5.41) is 42.0. The fourth-order valence-electron chi connectivity index (χ4n) is 2.30. The van der Waals surface area contributed by atoms with Crippen molar-refractivity contribution in [3.63, 3.8) is 0 Å². The first-order valence-corrected chi connectivity index (χ1v) is 8.20. The highest BCUT2D eigenvalue weighted by Gasteiger charge is 2.10. The number of nitrogens with zero attached hydrogens (tertiary/aromatic N) is 10. The first-order valence-electron chi connectivity index (χ1n) is 8.20. The number of aryl methyl sites for hydroxylation is 2. The molecule has 0 saturated carbocycles. The molecule has 0 unspecified atom stereocenters. The van der Waals surface area contributed by atoms with E-state index in [0.717, 1.165) is 11.1 Å². The Hall–Kier alpha value is -3.66. The second-order valence-electron chi connectivity index (χ2n) is 5.52. The highest BCUT2D eigenvalue weighted by Crippen LogP contribution is 2.21. The van der Waals surface area contributed by atoms with E-state index >= 15 is 0 Å². The molecule has 0 spiro atoms. The van der Waals surface area contributed by atoms with Crippen LogP contribution in [0.1, 0.15) is 25.7 Å². The Bertz CT molecular complexity index is 869. The minimum Gasteiger partial charge on any atom is -0.198 e. The standard InChI is InChI=1S/C16H16N10/c17-8-1-3-10-25-21-15(19-23-25)13-6-5-7-14(12-13)16-20-24-26(22-16)11-4-2-9-18/h5-7,12H,1-4,10-11H2. The summed E-state index contributed by atoms with van der Waals surface area (Å²) in [6.07, 6.45) is 2.29. The molecule has 0 aliphatic heterocycles. The van der Waals surface area contributed by atoms with E-state index < -0.39 is 0 Å². The van der Waals surface area contributed by atoms with Gasteiger partial charge in [-0.1, -0.05) is 18.2 Å². The zero-order chi connectivity index (χ0) is 18.2. The second kappa shape index (κ2) is 8.44. The summed E-state index contributed by atoms with van der Waals surface area (Å²) >= 11 is 0. The number of nitriles is 2. The lowest BCUT2D eigenvalue weighted by atomic mass is 10.1. The van der Waals surface area contributed by atoms with E-state index in [1.807, 2.05) is 24.3 Å². The molecule has 0 bridgehead atoms. The van der Waals surface area contributed by atoms with Gasteiger partial charge in [0.15, 0.2) is 0 Å². The molecule has 1 aromatic carbocycles. The van der Waals surface area contributed by atoms with Crippen molar-refractivity contribution in [1.29, 1.82) is 10.5 Å². The molecule has 0 aliphatic rings. The molecule has 0 aliphatic carbocycles. The van der Waals surface area contributed by atoms with Crippen molar-refractivity contribution in [1.82, 2.24) is 40.4 Å². The molecule has 0 radical (unpaired) electrons. The highest BCUT2D eigenvalue weighted by molar-refractivity contribution is 5.65. The molecule has 0 amide bonds. The zero-order valence-electron chi connectivity index (χ0n) is 14.0. The third kappa shape index (κ3) is 4.24. The molecule has 2 aromatic heterocycles. The van der Waals surface area contributed by atoms with Gasteiger partial charge in [0.25, 0.3) is 0 Å². The van der Waals surface area contributed by atoms with Crippen LogP contribution in [0.15, 0.2) is 24.3 Å². The third-order valence-corrected chi connectivity index (χ3v) is 3.58. The smallest absolute Gasteiger partial charge is 0.198 e. The van der Waals surface area contributed by atoms with E-state index in [4.69, 9.17) is 10.5 Å². The van der Waals surface area contributed by atoms with Gasteiger partial charge in [-0.25, -0.2) is 0 Å². The maximum atomic E-state index is 8.58. The van der Waals surface area contributed by atoms with Crippen LogP contribution in [-0.2, 0) is 13.1 Å². The monoisotopic (exact) mass is 348 g/mol. The van der Waals surface area contributed by atoms with Gasteiger partial charge in [-0.3, -0.25) is 0 Å². The number of unbranched alkanes of at least 4 members (excludes halogenated alkanes) is 2. The average Bonchev–Trinajstić information content (AvgIpc) is 3.32. The predicted octanol–water partition coefficient (Wildman–Crippen LogP) is 1.60. The normalized spacial score (nSPS) is 10.4.